The van der Waals surface area contributed by atoms with Gasteiger partial charge in [0.05, 0.1) is 5.71 Å². The van der Waals surface area contributed by atoms with Crippen molar-refractivity contribution in [3.8, 4) is 5.00 Å². The molecule has 1 N–H and O–H groups in total. The first-order valence-electron chi connectivity index (χ1n) is 8.83. The van der Waals surface area contributed by atoms with Crippen LogP contribution in [0, 0.1) is 20.8 Å². The van der Waals surface area contributed by atoms with Gasteiger partial charge >= 0.3 is 0 Å². The van der Waals surface area contributed by atoms with E-state index in [1.165, 1.54) is 22.9 Å². The lowest BCUT2D eigenvalue weighted by molar-refractivity contribution is -0.118. The summed E-state index contributed by atoms with van der Waals surface area (Å²) >= 11 is 7.80. The smallest absolute Gasteiger partial charge is 0.216 e. The highest BCUT2D eigenvalue weighted by atomic mass is 35.5. The number of amides is 1. The van der Waals surface area contributed by atoms with Crippen molar-refractivity contribution in [3.05, 3.63) is 62.5 Å². The lowest BCUT2D eigenvalue weighted by Crippen LogP contribution is -2.11. The molecule has 0 unspecified atom stereocenters. The zero-order chi connectivity index (χ0) is 20.4. The van der Waals surface area contributed by atoms with Gasteiger partial charge in [0, 0.05) is 35.0 Å². The third-order valence-corrected chi connectivity index (χ3v) is 5.99. The highest BCUT2D eigenvalue weighted by Gasteiger charge is 2.26. The second-order valence-electron chi connectivity index (χ2n) is 6.44. The third kappa shape index (κ3) is 3.86. The van der Waals surface area contributed by atoms with Gasteiger partial charge in [-0.3, -0.25) is 14.4 Å². The summed E-state index contributed by atoms with van der Waals surface area (Å²) in [7, 11) is 1.60. The van der Waals surface area contributed by atoms with Gasteiger partial charge in [-0.05, 0) is 38.5 Å². The molecule has 0 bridgehead atoms. The Morgan fingerprint density at radius 2 is 1.82 bits per heavy atom. The third-order valence-electron chi connectivity index (χ3n) is 4.55. The first kappa shape index (κ1) is 20.2. The maximum atomic E-state index is 9.70. The summed E-state index contributed by atoms with van der Waals surface area (Å²) in [6, 6.07) is 7.86. The van der Waals surface area contributed by atoms with E-state index in [0.29, 0.717) is 6.54 Å². The molecule has 0 saturated carbocycles. The number of aromatic nitrogens is 3. The molecule has 0 spiro atoms. The van der Waals surface area contributed by atoms with Crippen LogP contribution >= 0.6 is 22.9 Å². The maximum absolute atomic E-state index is 9.70. The first-order valence-corrected chi connectivity index (χ1v) is 10.0. The lowest BCUT2D eigenvalue weighted by Gasteiger charge is -2.09. The van der Waals surface area contributed by atoms with Crippen LogP contribution in [0.5, 0.6) is 0 Å². The fourth-order valence-electron chi connectivity index (χ4n) is 2.89. The predicted molar refractivity (Wildman–Crippen MR) is 114 cm³/mol. The number of nitrogens with zero attached hydrogens (tertiary/aromatic N) is 4. The van der Waals surface area contributed by atoms with E-state index in [2.05, 4.69) is 33.9 Å². The molecule has 1 aliphatic heterocycles. The van der Waals surface area contributed by atoms with Crippen LogP contribution in [0.2, 0.25) is 5.02 Å². The molecule has 0 fully saturated rings. The van der Waals surface area contributed by atoms with E-state index in [4.69, 9.17) is 16.6 Å². The molecule has 1 aliphatic rings. The number of benzene rings is 1. The van der Waals surface area contributed by atoms with Crippen molar-refractivity contribution in [1.29, 1.82) is 0 Å². The zero-order valence-electron chi connectivity index (χ0n) is 16.5. The van der Waals surface area contributed by atoms with Gasteiger partial charge in [0.1, 0.15) is 17.4 Å². The molecular formula is C20H22ClN5OS. The van der Waals surface area contributed by atoms with Gasteiger partial charge in [-0.2, -0.15) is 0 Å². The number of aryl methyl sites for hydroxylation is 2. The first-order chi connectivity index (χ1) is 13.3. The van der Waals surface area contributed by atoms with Crippen molar-refractivity contribution in [3.63, 3.8) is 0 Å². The van der Waals surface area contributed by atoms with E-state index in [0.717, 1.165) is 32.9 Å². The number of carbonyl (C=O) groups is 1. The van der Waals surface area contributed by atoms with Crippen LogP contribution in [0.15, 0.2) is 29.3 Å². The minimum atomic E-state index is 0.00463. The standard InChI is InChI=1S/C17H15ClN4S.C3H7NO/c1-9-10(2)23-17-15(9)16(12-4-6-13(18)7-5-12)19-8-14-21-20-11(3)22(14)17;1-3(5)4-2/h4-7H,8H2,1-3H3;1-2H3,(H,4,5). The molecule has 1 aromatic carbocycles. The van der Waals surface area contributed by atoms with Gasteiger partial charge in [0.2, 0.25) is 5.91 Å². The fourth-order valence-corrected chi connectivity index (χ4v) is 4.24. The highest BCUT2D eigenvalue weighted by molar-refractivity contribution is 7.15. The van der Waals surface area contributed by atoms with Gasteiger partial charge in [-0.1, -0.05) is 23.7 Å². The molecule has 0 radical (unpaired) electrons. The van der Waals surface area contributed by atoms with Crippen molar-refractivity contribution in [1.82, 2.24) is 20.1 Å². The van der Waals surface area contributed by atoms with Crippen molar-refractivity contribution in [2.75, 3.05) is 7.05 Å². The van der Waals surface area contributed by atoms with Gasteiger partial charge in [-0.15, -0.1) is 21.5 Å². The minimum Gasteiger partial charge on any atom is -0.359 e. The van der Waals surface area contributed by atoms with Crippen LogP contribution in [0.4, 0.5) is 0 Å². The summed E-state index contributed by atoms with van der Waals surface area (Å²) in [5.41, 5.74) is 4.52. The normalized spacial score (nSPS) is 12.1. The van der Waals surface area contributed by atoms with Crippen LogP contribution < -0.4 is 5.32 Å². The number of nitrogens with one attached hydrogen (secondary N) is 1. The molecule has 146 valence electrons. The average Bonchev–Trinajstić information content (AvgIpc) is 3.11. The molecule has 0 aliphatic carbocycles. The molecule has 8 heteroatoms. The lowest BCUT2D eigenvalue weighted by atomic mass is 10.00. The van der Waals surface area contributed by atoms with Crippen LogP contribution in [0.3, 0.4) is 0 Å². The second kappa shape index (κ2) is 8.24. The van der Waals surface area contributed by atoms with E-state index in [1.807, 2.05) is 31.2 Å². The van der Waals surface area contributed by atoms with Crippen molar-refractivity contribution in [2.45, 2.75) is 34.2 Å². The highest BCUT2D eigenvalue weighted by Crippen LogP contribution is 2.36. The molecule has 6 nitrogen and oxygen atoms in total. The van der Waals surface area contributed by atoms with Gasteiger partial charge < -0.3 is 5.32 Å². The number of hydrogen-bond acceptors (Lipinski definition) is 5. The van der Waals surface area contributed by atoms with E-state index < -0.39 is 0 Å². The SMILES string of the molecule is CNC(C)=O.Cc1sc2c(c1C)C(c1ccc(Cl)cc1)=NCc1nnc(C)n1-2. The van der Waals surface area contributed by atoms with Crippen molar-refractivity contribution in [2.24, 2.45) is 4.99 Å². The summed E-state index contributed by atoms with van der Waals surface area (Å²) < 4.78 is 2.13. The fraction of sp³-hybridized carbons (Fsp3) is 0.300. The Morgan fingerprint density at radius 3 is 2.43 bits per heavy atom. The van der Waals surface area contributed by atoms with Gasteiger partial charge in [-0.25, -0.2) is 0 Å². The molecule has 3 heterocycles. The van der Waals surface area contributed by atoms with E-state index in [-0.39, 0.29) is 5.91 Å². The number of halogens is 1. The van der Waals surface area contributed by atoms with Crippen LogP contribution in [-0.4, -0.2) is 33.4 Å². The Bertz CT molecular complexity index is 1050. The van der Waals surface area contributed by atoms with E-state index >= 15 is 0 Å². The van der Waals surface area contributed by atoms with E-state index in [1.54, 1.807) is 18.4 Å². The largest absolute Gasteiger partial charge is 0.359 e. The molecule has 2 aromatic heterocycles. The van der Waals surface area contributed by atoms with Crippen LogP contribution in [-0.2, 0) is 11.3 Å². The zero-order valence-corrected chi connectivity index (χ0v) is 18.1. The summed E-state index contributed by atoms with van der Waals surface area (Å²) in [5.74, 6) is 1.79. The quantitative estimate of drug-likeness (QED) is 0.652. The van der Waals surface area contributed by atoms with Gasteiger partial charge in [0.25, 0.3) is 0 Å². The molecule has 28 heavy (non-hydrogen) atoms. The van der Waals surface area contributed by atoms with Gasteiger partial charge in [0.15, 0.2) is 5.82 Å². The summed E-state index contributed by atoms with van der Waals surface area (Å²) in [4.78, 5) is 15.8. The molecule has 1 amide bonds. The van der Waals surface area contributed by atoms with Crippen LogP contribution in [0.1, 0.15) is 40.1 Å². The predicted octanol–water partition coefficient (Wildman–Crippen LogP) is 4.01. The summed E-state index contributed by atoms with van der Waals surface area (Å²) in [6.07, 6.45) is 0. The average molecular weight is 416 g/mol. The number of aliphatic imine (C=N–C) groups is 1. The number of fused-ring (bicyclic) bond motifs is 3. The number of rotatable bonds is 1. The van der Waals surface area contributed by atoms with Crippen molar-refractivity contribution < 1.29 is 4.79 Å². The molecule has 3 aromatic rings. The topological polar surface area (TPSA) is 72.2 Å². The Balaban J connectivity index is 0.000000403. The van der Waals surface area contributed by atoms with Crippen LogP contribution in [0.25, 0.3) is 5.00 Å². The Labute approximate surface area is 173 Å². The molecule has 4 rings (SSSR count). The molecular weight excluding hydrogens is 394 g/mol. The summed E-state index contributed by atoms with van der Waals surface area (Å²) in [5, 5.41) is 12.8. The number of hydrogen-bond donors (Lipinski definition) is 1. The Hall–Kier alpha value is -2.51. The number of thiophene rings is 1. The monoisotopic (exact) mass is 415 g/mol. The molecule has 0 atom stereocenters. The van der Waals surface area contributed by atoms with E-state index in [9.17, 15) is 4.79 Å². The summed E-state index contributed by atoms with van der Waals surface area (Å²) in [6.45, 7) is 8.28. The van der Waals surface area contributed by atoms with Crippen molar-refractivity contribution >= 4 is 34.6 Å². The maximum Gasteiger partial charge on any atom is 0.216 e. The minimum absolute atomic E-state index is 0.00463. The second-order valence-corrected chi connectivity index (χ2v) is 8.08. The number of carbonyl (C=O) groups excluding carboxylic acids is 1. The Kier molecular flexibility index (Phi) is 5.96. The Morgan fingerprint density at radius 1 is 1.18 bits per heavy atom. The molecule has 0 saturated heterocycles.